The number of hydrogen-bond acceptors (Lipinski definition) is 2. The van der Waals surface area contributed by atoms with Crippen molar-refractivity contribution in [1.82, 2.24) is 0 Å². The van der Waals surface area contributed by atoms with E-state index in [4.69, 9.17) is 23.4 Å². The second-order valence-corrected chi connectivity index (χ2v) is 4.10. The number of ether oxygens (including phenoxy) is 2. The largest absolute Gasteiger partial charge is 0 e. The van der Waals surface area contributed by atoms with Crippen molar-refractivity contribution in [2.45, 2.75) is 52.7 Å². The van der Waals surface area contributed by atoms with Crippen LogP contribution >= 0.6 is 0 Å². The molecule has 0 aliphatic heterocycles. The van der Waals surface area contributed by atoms with Gasteiger partial charge in [0.15, 0.2) is 0 Å². The summed E-state index contributed by atoms with van der Waals surface area (Å²) in [6.07, 6.45) is 6.47. The molecule has 1 aliphatic rings. The molecule has 0 fully saturated rings. The average molecular weight is 336 g/mol. The zero-order valence-electron chi connectivity index (χ0n) is 12.6. The van der Waals surface area contributed by atoms with Crippen LogP contribution < -0.4 is 0 Å². The SMILES string of the molecule is CC(C)OC1=CC=C(OC(C)C)CC1.[C-]#[O+].[C-]#[O+].[C-]#[O+].[Fe]. The van der Waals surface area contributed by atoms with Crippen LogP contribution in [-0.2, 0) is 40.5 Å². The molecule has 118 valence electrons. The van der Waals surface area contributed by atoms with E-state index < -0.39 is 0 Å². The van der Waals surface area contributed by atoms with Gasteiger partial charge in [0.2, 0.25) is 0 Å². The van der Waals surface area contributed by atoms with E-state index in [9.17, 15) is 0 Å². The van der Waals surface area contributed by atoms with Crippen LogP contribution in [0.25, 0.3) is 0 Å². The van der Waals surface area contributed by atoms with E-state index in [0.717, 1.165) is 24.4 Å². The van der Waals surface area contributed by atoms with E-state index in [1.54, 1.807) is 0 Å². The maximum absolute atomic E-state index is 7.50. The van der Waals surface area contributed by atoms with Gasteiger partial charge in [0.1, 0.15) is 0 Å². The molecular formula is C15H20FeO5. The summed E-state index contributed by atoms with van der Waals surface area (Å²) in [6, 6.07) is 0. The first-order chi connectivity index (χ1) is 9.58. The molecule has 1 aliphatic carbocycles. The van der Waals surface area contributed by atoms with Gasteiger partial charge in [-0.3, -0.25) is 0 Å². The van der Waals surface area contributed by atoms with Gasteiger partial charge < -0.3 is 9.47 Å². The minimum absolute atomic E-state index is 0. The zero-order chi connectivity index (χ0) is 16.6. The number of rotatable bonds is 4. The van der Waals surface area contributed by atoms with Crippen LogP contribution in [0.5, 0.6) is 0 Å². The Morgan fingerprint density at radius 1 is 0.762 bits per heavy atom. The van der Waals surface area contributed by atoms with Crippen molar-refractivity contribution >= 4 is 0 Å². The maximum Gasteiger partial charge on any atom is 0 e. The third kappa shape index (κ3) is 18.8. The Bertz CT molecular complexity index is 311. The molecule has 0 spiro atoms. The molecule has 0 aromatic carbocycles. The Kier molecular flexibility index (Phi) is 28.2. The molecular weight excluding hydrogens is 316 g/mol. The first-order valence-electron chi connectivity index (χ1n) is 5.92. The minimum Gasteiger partial charge on any atom is 0 e. The summed E-state index contributed by atoms with van der Waals surface area (Å²) in [7, 11) is 0. The second kappa shape index (κ2) is 21.1. The van der Waals surface area contributed by atoms with Gasteiger partial charge in [-0.1, -0.05) is 0 Å². The van der Waals surface area contributed by atoms with Crippen LogP contribution in [-0.4, -0.2) is 12.2 Å². The zero-order valence-corrected chi connectivity index (χ0v) is 13.7. The fourth-order valence-corrected chi connectivity index (χ4v) is 1.40. The molecule has 0 N–H and O–H groups in total. The first-order valence-corrected chi connectivity index (χ1v) is 5.92. The van der Waals surface area contributed by atoms with Gasteiger partial charge in [0.05, 0.1) is 23.7 Å². The molecule has 5 nitrogen and oxygen atoms in total. The standard InChI is InChI=1S/C12H20O2.3CO.Fe/c1-9(2)13-11-5-7-12(8-6-11)14-10(3)4;3*1-2;/h5,7,9-10H,6,8H2,1-4H3;;;;. The molecule has 0 saturated carbocycles. The molecule has 6 heteroatoms. The molecule has 1 rings (SSSR count). The fraction of sp³-hybridized carbons (Fsp3) is 0.533. The third-order valence-electron chi connectivity index (χ3n) is 1.85. The maximum atomic E-state index is 7.50. The van der Waals surface area contributed by atoms with Crippen molar-refractivity contribution in [1.29, 1.82) is 0 Å². The van der Waals surface area contributed by atoms with E-state index in [0.29, 0.717) is 0 Å². The predicted molar refractivity (Wildman–Crippen MR) is 69.6 cm³/mol. The van der Waals surface area contributed by atoms with E-state index in [2.05, 4.69) is 20.0 Å². The topological polar surface area (TPSA) is 78.2 Å². The van der Waals surface area contributed by atoms with Crippen molar-refractivity contribution in [2.24, 2.45) is 0 Å². The Labute approximate surface area is 137 Å². The Hall–Kier alpha value is -1.18. The van der Waals surface area contributed by atoms with Gasteiger partial charge in [0, 0.05) is 29.9 Å². The van der Waals surface area contributed by atoms with Gasteiger partial charge in [-0.25, -0.2) is 0 Å². The van der Waals surface area contributed by atoms with Gasteiger partial charge in [-0.05, 0) is 39.8 Å². The van der Waals surface area contributed by atoms with Crippen molar-refractivity contribution < 1.29 is 40.5 Å². The van der Waals surface area contributed by atoms with Gasteiger partial charge in [-0.15, -0.1) is 0 Å². The Morgan fingerprint density at radius 2 is 1.00 bits per heavy atom. The van der Waals surface area contributed by atoms with Crippen LogP contribution in [0.1, 0.15) is 40.5 Å². The Morgan fingerprint density at radius 3 is 1.14 bits per heavy atom. The summed E-state index contributed by atoms with van der Waals surface area (Å²) in [6.45, 7) is 21.7. The summed E-state index contributed by atoms with van der Waals surface area (Å²) in [5.41, 5.74) is 0. The molecule has 0 atom stereocenters. The monoisotopic (exact) mass is 336 g/mol. The molecule has 21 heavy (non-hydrogen) atoms. The van der Waals surface area contributed by atoms with E-state index in [1.807, 2.05) is 39.8 Å². The third-order valence-corrected chi connectivity index (χ3v) is 1.85. The predicted octanol–water partition coefficient (Wildman–Crippen LogP) is 3.28. The first kappa shape index (κ1) is 28.0. The van der Waals surface area contributed by atoms with Gasteiger partial charge >= 0.3 is 33.9 Å². The minimum atomic E-state index is 0. The molecule has 0 aromatic rings. The van der Waals surface area contributed by atoms with Crippen LogP contribution in [0.3, 0.4) is 0 Å². The molecule has 0 unspecified atom stereocenters. The van der Waals surface area contributed by atoms with E-state index in [1.165, 1.54) is 0 Å². The number of hydrogen-bond donors (Lipinski definition) is 0. The van der Waals surface area contributed by atoms with Crippen LogP contribution in [0.2, 0.25) is 0 Å². The molecule has 0 saturated heterocycles. The molecule has 0 amide bonds. The summed E-state index contributed by atoms with van der Waals surface area (Å²) >= 11 is 0. The van der Waals surface area contributed by atoms with E-state index >= 15 is 0 Å². The van der Waals surface area contributed by atoms with Crippen molar-refractivity contribution in [3.05, 3.63) is 43.6 Å². The van der Waals surface area contributed by atoms with Crippen LogP contribution in [0.15, 0.2) is 23.7 Å². The fourth-order valence-electron chi connectivity index (χ4n) is 1.40. The van der Waals surface area contributed by atoms with Crippen molar-refractivity contribution in [3.63, 3.8) is 0 Å². The summed E-state index contributed by atoms with van der Waals surface area (Å²) in [5.74, 6) is 2.13. The quantitative estimate of drug-likeness (QED) is 0.449. The summed E-state index contributed by atoms with van der Waals surface area (Å²) < 4.78 is 33.7. The second-order valence-electron chi connectivity index (χ2n) is 4.10. The molecule has 0 bridgehead atoms. The average Bonchev–Trinajstić information content (AvgIpc) is 2.46. The van der Waals surface area contributed by atoms with Gasteiger partial charge in [-0.2, -0.15) is 0 Å². The normalized spacial score (nSPS) is 11.4. The molecule has 0 aromatic heterocycles. The molecule has 0 heterocycles. The van der Waals surface area contributed by atoms with Crippen molar-refractivity contribution in [3.8, 4) is 0 Å². The summed E-state index contributed by atoms with van der Waals surface area (Å²) in [5, 5.41) is 0. The van der Waals surface area contributed by atoms with Crippen molar-refractivity contribution in [2.75, 3.05) is 0 Å². The van der Waals surface area contributed by atoms with Crippen LogP contribution in [0, 0.1) is 20.0 Å². The Balaban J connectivity index is -0.000000183. The van der Waals surface area contributed by atoms with E-state index in [-0.39, 0.29) is 29.3 Å². The number of allylic oxidation sites excluding steroid dienone is 4. The smallest absolute Gasteiger partial charge is 0 e. The molecule has 0 radical (unpaired) electrons. The van der Waals surface area contributed by atoms with Gasteiger partial charge in [0.25, 0.3) is 0 Å². The van der Waals surface area contributed by atoms with Crippen LogP contribution in [0.4, 0.5) is 0 Å². The summed E-state index contributed by atoms with van der Waals surface area (Å²) in [4.78, 5) is 0.